The van der Waals surface area contributed by atoms with Gasteiger partial charge < -0.3 is 16.6 Å². The Hall–Kier alpha value is -5.77. The standard InChI is InChI=1S/C29H22N8O2/c30-24-26(35-32-20-11-3-1-4-12-20)23(29(38)39)27(25(31)28(24)37-33-21-13-5-2-6-14-21)36-34-22-16-15-18-9-7-8-10-19(18)17-22/h1-17H,30-31H2,(H,38,39). The molecule has 39 heavy (non-hydrogen) atoms. The molecule has 0 heterocycles. The molecule has 0 fully saturated rings. The van der Waals surface area contributed by atoms with Crippen LogP contribution in [0.25, 0.3) is 10.8 Å². The molecule has 0 saturated carbocycles. The Balaban J connectivity index is 1.68. The maximum Gasteiger partial charge on any atom is 0.340 e. The van der Waals surface area contributed by atoms with Crippen molar-refractivity contribution < 1.29 is 9.90 Å². The third kappa shape index (κ3) is 5.49. The van der Waals surface area contributed by atoms with E-state index in [2.05, 4.69) is 30.7 Å². The van der Waals surface area contributed by atoms with Gasteiger partial charge in [0.2, 0.25) is 0 Å². The summed E-state index contributed by atoms with van der Waals surface area (Å²) in [5.41, 5.74) is 13.4. The maximum absolute atomic E-state index is 12.5. The zero-order valence-corrected chi connectivity index (χ0v) is 20.5. The quantitative estimate of drug-likeness (QED) is 0.146. The Morgan fingerprint density at radius 1 is 0.513 bits per heavy atom. The fourth-order valence-electron chi connectivity index (χ4n) is 3.82. The minimum atomic E-state index is -1.35. The number of anilines is 2. The van der Waals surface area contributed by atoms with Crippen molar-refractivity contribution in [3.05, 3.63) is 109 Å². The van der Waals surface area contributed by atoms with Crippen LogP contribution in [0.2, 0.25) is 0 Å². The van der Waals surface area contributed by atoms with Crippen molar-refractivity contribution in [3.8, 4) is 0 Å². The lowest BCUT2D eigenvalue weighted by Crippen LogP contribution is -2.04. The first kappa shape index (κ1) is 24.9. The van der Waals surface area contributed by atoms with Gasteiger partial charge in [-0.3, -0.25) is 0 Å². The van der Waals surface area contributed by atoms with Crippen molar-refractivity contribution in [1.29, 1.82) is 0 Å². The summed E-state index contributed by atoms with van der Waals surface area (Å²) in [4.78, 5) is 12.5. The Bertz CT molecular complexity index is 1750. The molecular weight excluding hydrogens is 492 g/mol. The molecule has 0 aromatic heterocycles. The second-order valence-corrected chi connectivity index (χ2v) is 8.36. The first-order valence-corrected chi connectivity index (χ1v) is 11.8. The van der Waals surface area contributed by atoms with Crippen molar-refractivity contribution in [2.45, 2.75) is 0 Å². The van der Waals surface area contributed by atoms with E-state index in [4.69, 9.17) is 11.5 Å². The van der Waals surface area contributed by atoms with Gasteiger partial charge >= 0.3 is 5.97 Å². The number of carboxylic acid groups (broad SMARTS) is 1. The smallest absolute Gasteiger partial charge is 0.340 e. The van der Waals surface area contributed by atoms with Crippen LogP contribution < -0.4 is 11.5 Å². The molecule has 0 aliphatic rings. The zero-order chi connectivity index (χ0) is 27.2. The highest BCUT2D eigenvalue weighted by Gasteiger charge is 2.26. The number of fused-ring (bicyclic) bond motifs is 1. The fraction of sp³-hybridized carbons (Fsp3) is 0. The van der Waals surface area contributed by atoms with Crippen molar-refractivity contribution in [2.24, 2.45) is 30.7 Å². The number of nitrogens with two attached hydrogens (primary N) is 2. The minimum Gasteiger partial charge on any atom is -0.478 e. The minimum absolute atomic E-state index is 0.0123. The number of carboxylic acids is 1. The molecule has 190 valence electrons. The number of azo groups is 3. The number of aromatic carboxylic acids is 1. The SMILES string of the molecule is Nc1c(N=Nc2ccccc2)c(N)c(N=Nc2ccc3ccccc3c2)c(C(=O)O)c1N=Nc1ccccc1. The van der Waals surface area contributed by atoms with E-state index in [-0.39, 0.29) is 34.0 Å². The van der Waals surface area contributed by atoms with Crippen LogP contribution in [0.5, 0.6) is 0 Å². The van der Waals surface area contributed by atoms with Crippen LogP contribution in [-0.2, 0) is 0 Å². The van der Waals surface area contributed by atoms with Crippen LogP contribution in [0.15, 0.2) is 134 Å². The lowest BCUT2D eigenvalue weighted by Gasteiger charge is -2.13. The van der Waals surface area contributed by atoms with Gasteiger partial charge in [0.1, 0.15) is 22.6 Å². The van der Waals surface area contributed by atoms with E-state index in [9.17, 15) is 9.90 Å². The van der Waals surface area contributed by atoms with Crippen molar-refractivity contribution >= 4 is 62.2 Å². The highest BCUT2D eigenvalue weighted by molar-refractivity contribution is 6.09. The van der Waals surface area contributed by atoms with Crippen LogP contribution in [0.3, 0.4) is 0 Å². The molecule has 0 aliphatic carbocycles. The Morgan fingerprint density at radius 2 is 0.974 bits per heavy atom. The summed E-state index contributed by atoms with van der Waals surface area (Å²) in [5.74, 6) is -1.35. The number of hydrogen-bond donors (Lipinski definition) is 3. The van der Waals surface area contributed by atoms with Gasteiger partial charge in [0, 0.05) is 0 Å². The zero-order valence-electron chi connectivity index (χ0n) is 20.5. The van der Waals surface area contributed by atoms with Gasteiger partial charge in [-0.25, -0.2) is 4.79 Å². The molecule has 0 bridgehead atoms. The van der Waals surface area contributed by atoms with Gasteiger partial charge in [-0.05, 0) is 47.2 Å². The molecule has 0 radical (unpaired) electrons. The summed E-state index contributed by atoms with van der Waals surface area (Å²) in [6.45, 7) is 0. The number of carbonyl (C=O) groups is 1. The first-order valence-electron chi connectivity index (χ1n) is 11.8. The number of nitrogen functional groups attached to an aromatic ring is 2. The first-order chi connectivity index (χ1) is 19.0. The maximum atomic E-state index is 12.5. The highest BCUT2D eigenvalue weighted by atomic mass is 16.4. The molecule has 0 aliphatic heterocycles. The summed E-state index contributed by atoms with van der Waals surface area (Å²) < 4.78 is 0. The molecule has 5 N–H and O–H groups in total. The van der Waals surface area contributed by atoms with E-state index < -0.39 is 5.97 Å². The Morgan fingerprint density at radius 3 is 1.51 bits per heavy atom. The molecule has 0 atom stereocenters. The molecule has 5 aromatic rings. The molecule has 0 spiro atoms. The van der Waals surface area contributed by atoms with Crippen LogP contribution in [-0.4, -0.2) is 11.1 Å². The molecule has 5 rings (SSSR count). The van der Waals surface area contributed by atoms with Gasteiger partial charge in [0.05, 0.1) is 28.4 Å². The summed E-state index contributed by atoms with van der Waals surface area (Å²) in [6.07, 6.45) is 0. The predicted octanol–water partition coefficient (Wildman–Crippen LogP) is 8.95. The number of rotatable bonds is 7. The summed E-state index contributed by atoms with van der Waals surface area (Å²) in [6, 6.07) is 31.0. The van der Waals surface area contributed by atoms with Gasteiger partial charge in [-0.2, -0.15) is 15.3 Å². The Labute approximate surface area is 223 Å². The molecule has 0 amide bonds. The molecule has 10 heteroatoms. The van der Waals surface area contributed by atoms with Crippen LogP contribution in [0, 0.1) is 0 Å². The lowest BCUT2D eigenvalue weighted by molar-refractivity contribution is 0.0698. The van der Waals surface area contributed by atoms with Crippen molar-refractivity contribution in [1.82, 2.24) is 0 Å². The number of benzene rings is 5. The van der Waals surface area contributed by atoms with Gasteiger partial charge in [0.25, 0.3) is 0 Å². The van der Waals surface area contributed by atoms with Crippen molar-refractivity contribution in [3.63, 3.8) is 0 Å². The normalized spacial score (nSPS) is 11.7. The second-order valence-electron chi connectivity index (χ2n) is 8.36. The van der Waals surface area contributed by atoms with E-state index in [1.807, 2.05) is 48.5 Å². The fourth-order valence-corrected chi connectivity index (χ4v) is 3.82. The predicted molar refractivity (Wildman–Crippen MR) is 152 cm³/mol. The average molecular weight is 515 g/mol. The van der Waals surface area contributed by atoms with Gasteiger partial charge in [-0.1, -0.05) is 66.7 Å². The van der Waals surface area contributed by atoms with E-state index >= 15 is 0 Å². The van der Waals surface area contributed by atoms with E-state index in [1.165, 1.54) is 0 Å². The number of hydrogen-bond acceptors (Lipinski definition) is 9. The highest BCUT2D eigenvalue weighted by Crippen LogP contribution is 2.49. The van der Waals surface area contributed by atoms with Crippen LogP contribution >= 0.6 is 0 Å². The van der Waals surface area contributed by atoms with Crippen molar-refractivity contribution in [2.75, 3.05) is 11.5 Å². The third-order valence-electron chi connectivity index (χ3n) is 5.75. The van der Waals surface area contributed by atoms with Gasteiger partial charge in [-0.15, -0.1) is 15.3 Å². The summed E-state index contributed by atoms with van der Waals surface area (Å²) >= 11 is 0. The summed E-state index contributed by atoms with van der Waals surface area (Å²) in [7, 11) is 0. The lowest BCUT2D eigenvalue weighted by atomic mass is 10.1. The number of nitrogens with zero attached hydrogens (tertiary/aromatic N) is 6. The molecule has 0 saturated heterocycles. The molecular formula is C29H22N8O2. The molecule has 0 unspecified atom stereocenters. The largest absolute Gasteiger partial charge is 0.478 e. The van der Waals surface area contributed by atoms with E-state index in [0.717, 1.165) is 10.8 Å². The molecule has 5 aromatic carbocycles. The average Bonchev–Trinajstić information content (AvgIpc) is 2.96. The summed E-state index contributed by atoms with van der Waals surface area (Å²) in [5, 5.41) is 37.4. The third-order valence-corrected chi connectivity index (χ3v) is 5.75. The second kappa shape index (κ2) is 11.1. The van der Waals surface area contributed by atoms with Gasteiger partial charge in [0.15, 0.2) is 0 Å². The van der Waals surface area contributed by atoms with Crippen LogP contribution in [0.1, 0.15) is 10.4 Å². The monoisotopic (exact) mass is 514 g/mol. The van der Waals surface area contributed by atoms with E-state index in [1.54, 1.807) is 54.6 Å². The topological polar surface area (TPSA) is 164 Å². The molecule has 10 nitrogen and oxygen atoms in total. The van der Waals surface area contributed by atoms with E-state index in [0.29, 0.717) is 17.1 Å². The van der Waals surface area contributed by atoms with Crippen LogP contribution in [0.4, 0.5) is 45.5 Å². The Kier molecular flexibility index (Phi) is 7.08.